The van der Waals surface area contributed by atoms with Gasteiger partial charge in [0.05, 0.1) is 30.9 Å². The number of carbonyl (C=O) groups is 2. The molecule has 4 aromatic carbocycles. The third kappa shape index (κ3) is 8.82. The standard InChI is InChI=1S/C43H44F2N4O4.C2H6/c1-29-22-37(39-24-36(30(2)46(39)3)41(50)48(34-16-8-5-9-17-34)26-31-12-6-4-7-13-31)38(25-40(29)53-43(44)45)42(51)49-27-33-15-11-10-14-32(33)23-35(49)28-47-18-20-52-21-19-47;1-2/h4-17,22,24-25,35,43H,18-21,23,26-28H2,1-3H3;1-2H3. The van der Waals surface area contributed by atoms with Gasteiger partial charge in [0.25, 0.3) is 11.8 Å². The van der Waals surface area contributed by atoms with Gasteiger partial charge in [0.2, 0.25) is 0 Å². The number of nitrogens with zero attached hydrogens (tertiary/aromatic N) is 4. The van der Waals surface area contributed by atoms with Crippen LogP contribution in [0.4, 0.5) is 14.5 Å². The minimum absolute atomic E-state index is 0.0606. The minimum atomic E-state index is -3.06. The number of alkyl halides is 2. The van der Waals surface area contributed by atoms with Gasteiger partial charge >= 0.3 is 6.61 Å². The number of aromatic nitrogens is 1. The summed E-state index contributed by atoms with van der Waals surface area (Å²) < 4.78 is 39.9. The van der Waals surface area contributed by atoms with Crippen LogP contribution in [0.15, 0.2) is 103 Å². The number of hydrogen-bond donors (Lipinski definition) is 0. The van der Waals surface area contributed by atoms with Crippen molar-refractivity contribution in [3.05, 3.63) is 142 Å². The molecule has 7 rings (SSSR count). The average molecular weight is 749 g/mol. The van der Waals surface area contributed by atoms with Crippen molar-refractivity contribution in [1.82, 2.24) is 14.4 Å². The van der Waals surface area contributed by atoms with E-state index in [1.165, 1.54) is 11.6 Å². The van der Waals surface area contributed by atoms with Gasteiger partial charge in [-0.1, -0.05) is 86.6 Å². The van der Waals surface area contributed by atoms with Crippen LogP contribution in [0.1, 0.15) is 62.5 Å². The molecule has 0 saturated carbocycles. The van der Waals surface area contributed by atoms with Crippen LogP contribution in [0.3, 0.4) is 0 Å². The molecule has 55 heavy (non-hydrogen) atoms. The van der Waals surface area contributed by atoms with E-state index in [1.54, 1.807) is 17.9 Å². The number of aryl methyl sites for hydroxylation is 1. The first-order valence-corrected chi connectivity index (χ1v) is 19.0. The van der Waals surface area contributed by atoms with Crippen molar-refractivity contribution in [3.8, 4) is 17.0 Å². The second kappa shape index (κ2) is 17.9. The second-order valence-corrected chi connectivity index (χ2v) is 13.8. The van der Waals surface area contributed by atoms with Crippen LogP contribution in [-0.4, -0.2) is 71.7 Å². The summed E-state index contributed by atoms with van der Waals surface area (Å²) in [5, 5.41) is 0. The maximum Gasteiger partial charge on any atom is 0.387 e. The number of para-hydroxylation sites is 1. The number of carbonyl (C=O) groups excluding carboxylic acids is 2. The van der Waals surface area contributed by atoms with Gasteiger partial charge < -0.3 is 23.8 Å². The molecular formula is C45H50F2N4O4. The molecule has 0 bridgehead atoms. The summed E-state index contributed by atoms with van der Waals surface area (Å²) in [6, 6.07) is 32.3. The smallest absolute Gasteiger partial charge is 0.387 e. The fraction of sp³-hybridized carbons (Fsp3) is 0.333. The van der Waals surface area contributed by atoms with Gasteiger partial charge in [-0.05, 0) is 72.9 Å². The number of amides is 2. The van der Waals surface area contributed by atoms with Crippen LogP contribution in [-0.2, 0) is 31.3 Å². The van der Waals surface area contributed by atoms with E-state index in [0.717, 1.165) is 29.9 Å². The zero-order valence-corrected chi connectivity index (χ0v) is 32.3. The Morgan fingerprint density at radius 3 is 2.16 bits per heavy atom. The first-order chi connectivity index (χ1) is 26.7. The van der Waals surface area contributed by atoms with E-state index in [0.29, 0.717) is 67.3 Å². The van der Waals surface area contributed by atoms with Crippen LogP contribution < -0.4 is 9.64 Å². The van der Waals surface area contributed by atoms with E-state index in [9.17, 15) is 18.4 Å². The van der Waals surface area contributed by atoms with Gasteiger partial charge in [-0.25, -0.2) is 0 Å². The fourth-order valence-electron chi connectivity index (χ4n) is 7.50. The molecule has 0 spiro atoms. The van der Waals surface area contributed by atoms with Crippen molar-refractivity contribution >= 4 is 17.5 Å². The zero-order valence-electron chi connectivity index (χ0n) is 32.3. The first kappa shape index (κ1) is 39.4. The van der Waals surface area contributed by atoms with Crippen LogP contribution >= 0.6 is 0 Å². The van der Waals surface area contributed by atoms with Crippen LogP contribution in [0.25, 0.3) is 11.3 Å². The molecule has 1 atom stereocenters. The number of ether oxygens (including phenoxy) is 2. The Kier molecular flexibility index (Phi) is 12.8. The first-order valence-electron chi connectivity index (χ1n) is 19.0. The molecule has 1 fully saturated rings. The highest BCUT2D eigenvalue weighted by Gasteiger charge is 2.34. The molecule has 1 unspecified atom stereocenters. The summed E-state index contributed by atoms with van der Waals surface area (Å²) in [5.74, 6) is -0.539. The van der Waals surface area contributed by atoms with Gasteiger partial charge in [0, 0.05) is 61.9 Å². The van der Waals surface area contributed by atoms with Gasteiger partial charge in [-0.15, -0.1) is 0 Å². The van der Waals surface area contributed by atoms with E-state index in [2.05, 4.69) is 11.0 Å². The molecule has 8 nitrogen and oxygen atoms in total. The normalized spacial score (nSPS) is 15.6. The van der Waals surface area contributed by atoms with Crippen molar-refractivity contribution in [3.63, 3.8) is 0 Å². The SMILES string of the molecule is CC.Cc1cc(-c2cc(C(=O)N(Cc3ccccc3)c3ccccc3)c(C)n2C)c(C(=O)N2Cc3ccccc3CC2CN2CCOCC2)cc1OC(F)F. The molecule has 3 heterocycles. The lowest BCUT2D eigenvalue weighted by atomic mass is 9.91. The average Bonchev–Trinajstić information content (AvgIpc) is 3.51. The van der Waals surface area contributed by atoms with E-state index in [-0.39, 0.29) is 29.2 Å². The molecule has 0 radical (unpaired) electrons. The highest BCUT2D eigenvalue weighted by atomic mass is 19.3. The molecule has 1 saturated heterocycles. The van der Waals surface area contributed by atoms with Crippen molar-refractivity contribution < 1.29 is 27.8 Å². The summed E-state index contributed by atoms with van der Waals surface area (Å²) in [5.41, 5.74) is 7.01. The molecule has 2 aliphatic rings. The number of anilines is 1. The Hall–Kier alpha value is -5.32. The quantitative estimate of drug-likeness (QED) is 0.143. The lowest BCUT2D eigenvalue weighted by Crippen LogP contribution is -2.52. The monoisotopic (exact) mass is 748 g/mol. The Bertz CT molecular complexity index is 2080. The molecular weight excluding hydrogens is 699 g/mol. The molecule has 10 heteroatoms. The number of benzene rings is 4. The third-order valence-corrected chi connectivity index (χ3v) is 10.5. The van der Waals surface area contributed by atoms with E-state index < -0.39 is 6.61 Å². The summed E-state index contributed by atoms with van der Waals surface area (Å²) in [6.45, 7) is 8.71. The van der Waals surface area contributed by atoms with Crippen LogP contribution in [0.5, 0.6) is 5.75 Å². The van der Waals surface area contributed by atoms with E-state index in [4.69, 9.17) is 9.47 Å². The fourth-order valence-corrected chi connectivity index (χ4v) is 7.50. The predicted octanol–water partition coefficient (Wildman–Crippen LogP) is 8.68. The Labute approximate surface area is 322 Å². The van der Waals surface area contributed by atoms with Crippen molar-refractivity contribution in [2.75, 3.05) is 37.7 Å². The number of hydrogen-bond acceptors (Lipinski definition) is 5. The van der Waals surface area contributed by atoms with E-state index >= 15 is 0 Å². The Morgan fingerprint density at radius 2 is 1.49 bits per heavy atom. The van der Waals surface area contributed by atoms with Gasteiger partial charge in [-0.3, -0.25) is 14.5 Å². The lowest BCUT2D eigenvalue weighted by Gasteiger charge is -2.40. The summed E-state index contributed by atoms with van der Waals surface area (Å²) >= 11 is 0. The van der Waals surface area contributed by atoms with Gasteiger partial charge in [0.15, 0.2) is 0 Å². The molecule has 2 aliphatic heterocycles. The lowest BCUT2D eigenvalue weighted by molar-refractivity contribution is -0.0503. The predicted molar refractivity (Wildman–Crippen MR) is 213 cm³/mol. The van der Waals surface area contributed by atoms with Gasteiger partial charge in [-0.2, -0.15) is 8.78 Å². The maximum absolute atomic E-state index is 15.0. The van der Waals surface area contributed by atoms with E-state index in [1.807, 2.05) is 122 Å². The second-order valence-electron chi connectivity index (χ2n) is 13.8. The molecule has 0 N–H and O–H groups in total. The highest BCUT2D eigenvalue weighted by Crippen LogP contribution is 2.37. The van der Waals surface area contributed by atoms with Crippen molar-refractivity contribution in [1.29, 1.82) is 0 Å². The molecule has 2 amide bonds. The molecule has 5 aromatic rings. The molecule has 288 valence electrons. The van der Waals surface area contributed by atoms with Crippen LogP contribution in [0, 0.1) is 13.8 Å². The molecule has 0 aliphatic carbocycles. The van der Waals surface area contributed by atoms with Crippen LogP contribution in [0.2, 0.25) is 0 Å². The zero-order chi connectivity index (χ0) is 39.1. The Morgan fingerprint density at radius 1 is 0.855 bits per heavy atom. The minimum Gasteiger partial charge on any atom is -0.435 e. The number of morpholine rings is 1. The van der Waals surface area contributed by atoms with Crippen molar-refractivity contribution in [2.45, 2.75) is 59.9 Å². The van der Waals surface area contributed by atoms with Gasteiger partial charge in [0.1, 0.15) is 5.75 Å². The third-order valence-electron chi connectivity index (χ3n) is 10.5. The van der Waals surface area contributed by atoms with Crippen molar-refractivity contribution in [2.24, 2.45) is 7.05 Å². The summed E-state index contributed by atoms with van der Waals surface area (Å²) in [4.78, 5) is 35.5. The molecule has 1 aromatic heterocycles. The topological polar surface area (TPSA) is 67.3 Å². The highest BCUT2D eigenvalue weighted by molar-refractivity contribution is 6.08. The Balaban J connectivity index is 0.00000253. The number of fused-ring (bicyclic) bond motifs is 1. The summed E-state index contributed by atoms with van der Waals surface area (Å²) in [7, 11) is 1.86. The maximum atomic E-state index is 15.0. The largest absolute Gasteiger partial charge is 0.435 e. The number of rotatable bonds is 10. The number of halogens is 2. The summed E-state index contributed by atoms with van der Waals surface area (Å²) in [6.07, 6.45) is 0.666.